The van der Waals surface area contributed by atoms with E-state index in [4.69, 9.17) is 14.2 Å². The Labute approximate surface area is 196 Å². The van der Waals surface area contributed by atoms with Crippen molar-refractivity contribution in [2.45, 2.75) is 117 Å². The fraction of sp³-hybridized carbons (Fsp3) is 1.00. The quantitative estimate of drug-likeness (QED) is 0.467. The van der Waals surface area contributed by atoms with Crippen LogP contribution in [0.15, 0.2) is 0 Å². The van der Waals surface area contributed by atoms with Crippen molar-refractivity contribution in [1.82, 2.24) is 0 Å². The summed E-state index contributed by atoms with van der Waals surface area (Å²) in [6.45, 7) is 14.1. The van der Waals surface area contributed by atoms with Crippen molar-refractivity contribution in [3.63, 3.8) is 0 Å². The van der Waals surface area contributed by atoms with E-state index in [9.17, 15) is 0 Å². The van der Waals surface area contributed by atoms with Crippen LogP contribution in [0.3, 0.4) is 0 Å². The topological polar surface area (TPSA) is 27.7 Å². The van der Waals surface area contributed by atoms with Crippen molar-refractivity contribution in [3.8, 4) is 0 Å². The van der Waals surface area contributed by atoms with Gasteiger partial charge in [-0.2, -0.15) is 0 Å². The van der Waals surface area contributed by atoms with Crippen LogP contribution in [0.1, 0.15) is 98.8 Å². The van der Waals surface area contributed by atoms with Crippen LogP contribution in [0.5, 0.6) is 0 Å². The average molecular weight is 445 g/mol. The second kappa shape index (κ2) is 7.69. The first-order valence-corrected chi connectivity index (χ1v) is 14.2. The standard InChI is InChI=1S/C29H48O3/c1-6-30-21-10-12-27(4)20(15-21)7-8-22-23(27)11-13-28(5)24(22)16-25-26(28)19(3)29(32-25)14-9-18(2)17-31-29/h18-26H,6-17H2,1-5H3/t18-,19+,20-,21+,22-,23+,24+,25+,26+,27+,28+,29-/m1/s1. The minimum atomic E-state index is -0.270. The van der Waals surface area contributed by atoms with Crippen LogP contribution in [-0.4, -0.2) is 31.2 Å². The highest BCUT2D eigenvalue weighted by atomic mass is 16.7. The minimum Gasteiger partial charge on any atom is -0.378 e. The highest BCUT2D eigenvalue weighted by Gasteiger charge is 2.69. The van der Waals surface area contributed by atoms with Crippen LogP contribution in [0, 0.1) is 52.3 Å². The molecule has 0 bridgehead atoms. The molecule has 3 heteroatoms. The first kappa shape index (κ1) is 22.4. The normalized spacial score (nSPS) is 59.3. The number of ether oxygens (including phenoxy) is 3. The molecule has 6 aliphatic rings. The Balaban J connectivity index is 1.22. The Morgan fingerprint density at radius 1 is 0.875 bits per heavy atom. The van der Waals surface area contributed by atoms with Gasteiger partial charge in [0.25, 0.3) is 0 Å². The van der Waals surface area contributed by atoms with E-state index >= 15 is 0 Å². The first-order valence-electron chi connectivity index (χ1n) is 14.2. The molecule has 4 aliphatic carbocycles. The lowest BCUT2D eigenvalue weighted by molar-refractivity contribution is -0.273. The van der Waals surface area contributed by atoms with Gasteiger partial charge in [-0.1, -0.05) is 27.7 Å². The van der Waals surface area contributed by atoms with Crippen molar-refractivity contribution in [2.75, 3.05) is 13.2 Å². The lowest BCUT2D eigenvalue weighted by Gasteiger charge is -2.61. The molecule has 0 unspecified atom stereocenters. The van der Waals surface area contributed by atoms with Gasteiger partial charge in [-0.25, -0.2) is 0 Å². The molecular formula is C29H48O3. The minimum absolute atomic E-state index is 0.270. The van der Waals surface area contributed by atoms with Gasteiger partial charge in [0.1, 0.15) is 0 Å². The average Bonchev–Trinajstić information content (AvgIpc) is 3.21. The van der Waals surface area contributed by atoms with E-state index < -0.39 is 0 Å². The lowest BCUT2D eigenvalue weighted by atomic mass is 9.44. The molecule has 2 saturated heterocycles. The maximum atomic E-state index is 6.95. The summed E-state index contributed by atoms with van der Waals surface area (Å²) < 4.78 is 19.5. The third-order valence-electron chi connectivity index (χ3n) is 12.3. The molecule has 32 heavy (non-hydrogen) atoms. The maximum Gasteiger partial charge on any atom is 0.171 e. The summed E-state index contributed by atoms with van der Waals surface area (Å²) in [4.78, 5) is 0. The fourth-order valence-electron chi connectivity index (χ4n) is 10.6. The van der Waals surface area contributed by atoms with Crippen molar-refractivity contribution in [2.24, 2.45) is 52.3 Å². The molecule has 2 heterocycles. The second-order valence-corrected chi connectivity index (χ2v) is 13.5. The molecule has 2 aliphatic heterocycles. The van der Waals surface area contributed by atoms with E-state index in [0.717, 1.165) is 43.3 Å². The Morgan fingerprint density at radius 2 is 1.69 bits per heavy atom. The number of hydrogen-bond donors (Lipinski definition) is 0. The molecule has 0 amide bonds. The fourth-order valence-corrected chi connectivity index (χ4v) is 10.6. The monoisotopic (exact) mass is 444 g/mol. The van der Waals surface area contributed by atoms with E-state index in [1.54, 1.807) is 0 Å². The summed E-state index contributed by atoms with van der Waals surface area (Å²) in [6, 6.07) is 0. The van der Waals surface area contributed by atoms with Gasteiger partial charge in [-0.05, 0) is 111 Å². The summed E-state index contributed by atoms with van der Waals surface area (Å²) in [7, 11) is 0. The first-order chi connectivity index (χ1) is 15.3. The van der Waals surface area contributed by atoms with E-state index in [1.807, 2.05) is 0 Å². The third-order valence-corrected chi connectivity index (χ3v) is 12.3. The molecule has 6 fully saturated rings. The van der Waals surface area contributed by atoms with Gasteiger partial charge in [-0.15, -0.1) is 0 Å². The zero-order chi connectivity index (χ0) is 22.3. The van der Waals surface area contributed by atoms with Crippen LogP contribution in [0.25, 0.3) is 0 Å². The van der Waals surface area contributed by atoms with Crippen molar-refractivity contribution in [3.05, 3.63) is 0 Å². The SMILES string of the molecule is CCO[C@H]1CC[C@@]2(C)[C@H](CC[C@@H]3[C@@H]2CC[C@]2(C)[C@@H]4[C@H](C[C@@H]32)O[C@]2(CC[C@@H](C)CO2)[C@H]4C)C1. The van der Waals surface area contributed by atoms with Gasteiger partial charge >= 0.3 is 0 Å². The third kappa shape index (κ3) is 3.02. The highest BCUT2D eigenvalue weighted by Crippen LogP contribution is 2.71. The predicted molar refractivity (Wildman–Crippen MR) is 127 cm³/mol. The molecule has 1 spiro atoms. The second-order valence-electron chi connectivity index (χ2n) is 13.5. The van der Waals surface area contributed by atoms with E-state index in [2.05, 4.69) is 34.6 Å². The summed E-state index contributed by atoms with van der Waals surface area (Å²) >= 11 is 0. The molecule has 0 aromatic carbocycles. The van der Waals surface area contributed by atoms with Crippen molar-refractivity contribution in [1.29, 1.82) is 0 Å². The largest absolute Gasteiger partial charge is 0.378 e. The molecule has 12 atom stereocenters. The van der Waals surface area contributed by atoms with Crippen molar-refractivity contribution >= 4 is 0 Å². The zero-order valence-corrected chi connectivity index (χ0v) is 21.4. The predicted octanol–water partition coefficient (Wildman–Crippen LogP) is 6.84. The molecule has 0 aromatic heterocycles. The van der Waals surface area contributed by atoms with Crippen molar-refractivity contribution < 1.29 is 14.2 Å². The summed E-state index contributed by atoms with van der Waals surface area (Å²) in [6.07, 6.45) is 14.4. The van der Waals surface area contributed by atoms with E-state index in [1.165, 1.54) is 57.8 Å². The number of rotatable bonds is 2. The zero-order valence-electron chi connectivity index (χ0n) is 21.4. The molecular weight excluding hydrogens is 396 g/mol. The van der Waals surface area contributed by atoms with Gasteiger partial charge in [0, 0.05) is 18.9 Å². The molecule has 3 nitrogen and oxygen atoms in total. The van der Waals surface area contributed by atoms with Gasteiger partial charge in [0.2, 0.25) is 0 Å². The Morgan fingerprint density at radius 3 is 2.44 bits per heavy atom. The Hall–Kier alpha value is -0.120. The van der Waals surface area contributed by atoms with Crippen LogP contribution in [0.2, 0.25) is 0 Å². The van der Waals surface area contributed by atoms with Crippen LogP contribution in [0.4, 0.5) is 0 Å². The molecule has 4 saturated carbocycles. The van der Waals surface area contributed by atoms with Crippen LogP contribution in [-0.2, 0) is 14.2 Å². The molecule has 6 rings (SSSR count). The molecule has 0 N–H and O–H groups in total. The number of fused-ring (bicyclic) bond motifs is 7. The van der Waals surface area contributed by atoms with Gasteiger partial charge < -0.3 is 14.2 Å². The summed E-state index contributed by atoms with van der Waals surface area (Å²) in [5.41, 5.74) is 0.999. The Bertz CT molecular complexity index is 713. The Kier molecular flexibility index (Phi) is 5.37. The van der Waals surface area contributed by atoms with E-state index in [-0.39, 0.29) is 5.79 Å². The summed E-state index contributed by atoms with van der Waals surface area (Å²) in [5, 5.41) is 0. The van der Waals surface area contributed by atoms with Gasteiger partial charge in [-0.3, -0.25) is 0 Å². The molecule has 182 valence electrons. The molecule has 0 aromatic rings. The van der Waals surface area contributed by atoms with Crippen LogP contribution < -0.4 is 0 Å². The highest BCUT2D eigenvalue weighted by molar-refractivity contribution is 5.15. The smallest absolute Gasteiger partial charge is 0.171 e. The number of hydrogen-bond acceptors (Lipinski definition) is 3. The van der Waals surface area contributed by atoms with Crippen LogP contribution >= 0.6 is 0 Å². The lowest BCUT2D eigenvalue weighted by Crippen LogP contribution is -2.55. The van der Waals surface area contributed by atoms with E-state index in [0.29, 0.717) is 40.8 Å². The maximum absolute atomic E-state index is 6.95. The summed E-state index contributed by atoms with van der Waals surface area (Å²) in [5.74, 6) is 5.25. The molecule has 0 radical (unpaired) electrons. The van der Waals surface area contributed by atoms with Gasteiger partial charge in [0.15, 0.2) is 5.79 Å². The van der Waals surface area contributed by atoms with Gasteiger partial charge in [0.05, 0.1) is 18.8 Å².